The lowest BCUT2D eigenvalue weighted by Gasteiger charge is -2.22. The summed E-state index contributed by atoms with van der Waals surface area (Å²) in [5, 5.41) is 2.84. The normalized spacial score (nSPS) is 12.3. The van der Waals surface area contributed by atoms with Gasteiger partial charge in [0.05, 0.1) is 18.0 Å². The number of nitrogens with one attached hydrogen (secondary N) is 1. The van der Waals surface area contributed by atoms with E-state index in [0.717, 1.165) is 17.6 Å². The fraction of sp³-hybridized carbons (Fsp3) is 0.381. The van der Waals surface area contributed by atoms with Gasteiger partial charge in [0.15, 0.2) is 0 Å². The van der Waals surface area contributed by atoms with Crippen LogP contribution < -0.4 is 14.4 Å². The molecule has 2 aromatic carbocycles. The lowest BCUT2D eigenvalue weighted by Crippen LogP contribution is -2.37. The number of carbonyl (C=O) groups excluding carboxylic acids is 1. The van der Waals surface area contributed by atoms with Crippen LogP contribution in [0.3, 0.4) is 0 Å². The number of sulfonamides is 1. The van der Waals surface area contributed by atoms with E-state index < -0.39 is 15.8 Å². The van der Waals surface area contributed by atoms with Crippen molar-refractivity contribution in [2.45, 2.75) is 32.7 Å². The second-order valence-corrected chi connectivity index (χ2v) is 8.91. The summed E-state index contributed by atoms with van der Waals surface area (Å²) in [6.45, 7) is 4.30. The predicted molar refractivity (Wildman–Crippen MR) is 112 cm³/mol. The highest BCUT2D eigenvalue weighted by atomic mass is 32.2. The summed E-state index contributed by atoms with van der Waals surface area (Å²) in [5.41, 5.74) is 1.51. The Balaban J connectivity index is 1.79. The molecular weight excluding hydrogens is 395 g/mol. The second-order valence-electron chi connectivity index (χ2n) is 7.01. The molecule has 1 unspecified atom stereocenters. The van der Waals surface area contributed by atoms with Gasteiger partial charge in [-0.2, -0.15) is 0 Å². The third-order valence-corrected chi connectivity index (χ3v) is 5.40. The van der Waals surface area contributed by atoms with Gasteiger partial charge < -0.3 is 10.1 Å². The molecule has 0 bridgehead atoms. The zero-order valence-electron chi connectivity index (χ0n) is 16.9. The van der Waals surface area contributed by atoms with Crippen molar-refractivity contribution >= 4 is 21.6 Å². The number of rotatable bonds is 10. The van der Waals surface area contributed by atoms with Crippen LogP contribution in [0.25, 0.3) is 0 Å². The number of aryl methyl sites for hydroxylation is 1. The van der Waals surface area contributed by atoms with Gasteiger partial charge in [-0.1, -0.05) is 17.7 Å². The number of anilines is 1. The van der Waals surface area contributed by atoms with Gasteiger partial charge in [-0.15, -0.1) is 0 Å². The van der Waals surface area contributed by atoms with E-state index in [4.69, 9.17) is 4.74 Å². The smallest absolute Gasteiger partial charge is 0.232 e. The first kappa shape index (κ1) is 22.7. The van der Waals surface area contributed by atoms with E-state index in [9.17, 15) is 17.6 Å². The Bertz CT molecular complexity index is 899. The van der Waals surface area contributed by atoms with Crippen LogP contribution in [-0.2, 0) is 14.8 Å². The van der Waals surface area contributed by atoms with E-state index in [1.165, 1.54) is 28.6 Å². The molecule has 0 aromatic heterocycles. The van der Waals surface area contributed by atoms with Crippen LogP contribution in [0.5, 0.6) is 5.75 Å². The maximum atomic E-state index is 13.1. The SMILES string of the molecule is Cc1ccc(OCC(C)NC(=O)CCCN(c2ccc(F)cc2)S(C)(=O)=O)cc1. The first-order valence-electron chi connectivity index (χ1n) is 9.37. The van der Waals surface area contributed by atoms with E-state index in [-0.39, 0.29) is 24.9 Å². The van der Waals surface area contributed by atoms with Gasteiger partial charge >= 0.3 is 0 Å². The quantitative estimate of drug-likeness (QED) is 0.638. The van der Waals surface area contributed by atoms with E-state index >= 15 is 0 Å². The van der Waals surface area contributed by atoms with Crippen molar-refractivity contribution in [2.24, 2.45) is 0 Å². The zero-order valence-corrected chi connectivity index (χ0v) is 17.7. The first-order valence-corrected chi connectivity index (χ1v) is 11.2. The molecule has 0 aliphatic heterocycles. The summed E-state index contributed by atoms with van der Waals surface area (Å²) in [7, 11) is -3.54. The van der Waals surface area contributed by atoms with E-state index in [2.05, 4.69) is 5.32 Å². The van der Waals surface area contributed by atoms with Crippen molar-refractivity contribution in [3.05, 3.63) is 59.9 Å². The summed E-state index contributed by atoms with van der Waals surface area (Å²) in [6.07, 6.45) is 1.59. The van der Waals surface area contributed by atoms with Gasteiger partial charge in [0.2, 0.25) is 15.9 Å². The number of carbonyl (C=O) groups is 1. The molecule has 0 spiro atoms. The third-order valence-electron chi connectivity index (χ3n) is 4.21. The molecule has 0 fully saturated rings. The Morgan fingerprint density at radius 3 is 2.34 bits per heavy atom. The minimum Gasteiger partial charge on any atom is -0.491 e. The molecule has 8 heteroatoms. The van der Waals surface area contributed by atoms with Crippen LogP contribution in [0.1, 0.15) is 25.3 Å². The number of hydrogen-bond acceptors (Lipinski definition) is 4. The van der Waals surface area contributed by atoms with Crippen LogP contribution in [0.2, 0.25) is 0 Å². The molecule has 29 heavy (non-hydrogen) atoms. The highest BCUT2D eigenvalue weighted by Crippen LogP contribution is 2.18. The number of nitrogens with zero attached hydrogens (tertiary/aromatic N) is 1. The maximum absolute atomic E-state index is 13.1. The van der Waals surface area contributed by atoms with Crippen molar-refractivity contribution in [2.75, 3.05) is 23.7 Å². The number of amides is 1. The minimum atomic E-state index is -3.54. The monoisotopic (exact) mass is 422 g/mol. The average Bonchev–Trinajstić information content (AvgIpc) is 2.65. The summed E-state index contributed by atoms with van der Waals surface area (Å²) < 4.78 is 44.0. The lowest BCUT2D eigenvalue weighted by molar-refractivity contribution is -0.121. The molecule has 1 atom stereocenters. The molecule has 2 rings (SSSR count). The van der Waals surface area contributed by atoms with E-state index in [1.54, 1.807) is 0 Å². The Kier molecular flexibility index (Phi) is 8.01. The summed E-state index contributed by atoms with van der Waals surface area (Å²) in [5.74, 6) is 0.112. The Hall–Kier alpha value is -2.61. The molecule has 0 radical (unpaired) electrons. The topological polar surface area (TPSA) is 75.7 Å². The molecular formula is C21H27FN2O4S. The van der Waals surface area contributed by atoms with E-state index in [0.29, 0.717) is 18.7 Å². The van der Waals surface area contributed by atoms with Crippen molar-refractivity contribution in [3.63, 3.8) is 0 Å². The van der Waals surface area contributed by atoms with Crippen LogP contribution in [-0.4, -0.2) is 39.8 Å². The van der Waals surface area contributed by atoms with Crippen molar-refractivity contribution in [3.8, 4) is 5.75 Å². The Morgan fingerprint density at radius 1 is 1.14 bits per heavy atom. The van der Waals surface area contributed by atoms with Gasteiger partial charge in [0, 0.05) is 13.0 Å². The molecule has 2 aromatic rings. The van der Waals surface area contributed by atoms with Gasteiger partial charge in [0.25, 0.3) is 0 Å². The Morgan fingerprint density at radius 2 is 1.76 bits per heavy atom. The highest BCUT2D eigenvalue weighted by Gasteiger charge is 2.18. The number of halogens is 1. The van der Waals surface area contributed by atoms with Gasteiger partial charge in [-0.05, 0) is 56.7 Å². The molecule has 158 valence electrons. The maximum Gasteiger partial charge on any atom is 0.232 e. The number of hydrogen-bond donors (Lipinski definition) is 1. The summed E-state index contributed by atoms with van der Waals surface area (Å²) >= 11 is 0. The standard InChI is InChI=1S/C21H27FN2O4S/c1-16-6-12-20(13-7-16)28-15-17(2)23-21(25)5-4-14-24(29(3,26)27)19-10-8-18(22)9-11-19/h6-13,17H,4-5,14-15H2,1-3H3,(H,23,25). The van der Waals surface area contributed by atoms with Gasteiger partial charge in [0.1, 0.15) is 18.2 Å². The largest absolute Gasteiger partial charge is 0.491 e. The van der Waals surface area contributed by atoms with Gasteiger partial charge in [-0.3, -0.25) is 9.10 Å². The van der Waals surface area contributed by atoms with Crippen molar-refractivity contribution in [1.82, 2.24) is 5.32 Å². The molecule has 1 amide bonds. The summed E-state index contributed by atoms with van der Waals surface area (Å²) in [6, 6.07) is 12.7. The molecule has 6 nitrogen and oxygen atoms in total. The highest BCUT2D eigenvalue weighted by molar-refractivity contribution is 7.92. The lowest BCUT2D eigenvalue weighted by atomic mass is 10.2. The first-order chi connectivity index (χ1) is 13.6. The van der Waals surface area contributed by atoms with Crippen LogP contribution in [0.4, 0.5) is 10.1 Å². The molecule has 0 aliphatic rings. The molecule has 0 saturated heterocycles. The van der Waals surface area contributed by atoms with Crippen LogP contribution >= 0.6 is 0 Å². The van der Waals surface area contributed by atoms with Gasteiger partial charge in [-0.25, -0.2) is 12.8 Å². The van der Waals surface area contributed by atoms with E-state index in [1.807, 2.05) is 38.1 Å². The summed E-state index contributed by atoms with van der Waals surface area (Å²) in [4.78, 5) is 12.1. The van der Waals surface area contributed by atoms with Crippen molar-refractivity contribution in [1.29, 1.82) is 0 Å². The second kappa shape index (κ2) is 10.2. The Labute approximate surface area is 171 Å². The fourth-order valence-electron chi connectivity index (χ4n) is 2.72. The molecule has 0 aliphatic carbocycles. The number of benzene rings is 2. The zero-order chi connectivity index (χ0) is 21.4. The molecule has 0 heterocycles. The van der Waals surface area contributed by atoms with Crippen LogP contribution in [0, 0.1) is 12.7 Å². The number of ether oxygens (including phenoxy) is 1. The van der Waals surface area contributed by atoms with Crippen molar-refractivity contribution < 1.29 is 22.3 Å². The predicted octanol–water partition coefficient (Wildman–Crippen LogP) is 3.26. The molecule has 0 saturated carbocycles. The van der Waals surface area contributed by atoms with Crippen LogP contribution in [0.15, 0.2) is 48.5 Å². The minimum absolute atomic E-state index is 0.131. The average molecular weight is 423 g/mol. The molecule has 1 N–H and O–H groups in total. The third kappa shape index (κ3) is 7.73. The fourth-order valence-corrected chi connectivity index (χ4v) is 3.69.